The molecule has 0 radical (unpaired) electrons. The van der Waals surface area contributed by atoms with E-state index in [0.717, 1.165) is 66.7 Å². The predicted octanol–water partition coefficient (Wildman–Crippen LogP) is 2.24. The van der Waals surface area contributed by atoms with Crippen LogP contribution in [0.1, 0.15) is 47.8 Å². The number of aromatic amines is 1. The lowest BCUT2D eigenvalue weighted by atomic mass is 10.1. The molecule has 4 heterocycles. The van der Waals surface area contributed by atoms with E-state index < -0.39 is 0 Å². The maximum Gasteiger partial charge on any atom is 0.270 e. The highest BCUT2D eigenvalue weighted by Crippen LogP contribution is 2.40. The van der Waals surface area contributed by atoms with Gasteiger partial charge in [-0.05, 0) is 55.5 Å². The number of hydrogen-bond donors (Lipinski definition) is 2. The largest absolute Gasteiger partial charge is 0.364 e. The van der Waals surface area contributed by atoms with Gasteiger partial charge in [0.05, 0.1) is 22.9 Å². The average Bonchev–Trinajstić information content (AvgIpc) is 3.74. The lowest BCUT2D eigenvalue weighted by Crippen LogP contribution is -2.46. The van der Waals surface area contributed by atoms with Crippen LogP contribution in [-0.2, 0) is 13.0 Å². The molecule has 2 saturated carbocycles. The fourth-order valence-corrected chi connectivity index (χ4v) is 4.91. The van der Waals surface area contributed by atoms with Crippen LogP contribution in [0.5, 0.6) is 0 Å². The zero-order valence-corrected chi connectivity index (χ0v) is 18.8. The van der Waals surface area contributed by atoms with Crippen LogP contribution in [0.3, 0.4) is 0 Å². The van der Waals surface area contributed by atoms with Crippen LogP contribution < -0.4 is 15.8 Å². The van der Waals surface area contributed by atoms with Gasteiger partial charge in [-0.15, -0.1) is 0 Å². The third-order valence-electron chi connectivity index (χ3n) is 7.04. The second-order valence-corrected chi connectivity index (χ2v) is 9.44. The van der Waals surface area contributed by atoms with Crippen LogP contribution in [-0.4, -0.2) is 57.0 Å². The highest BCUT2D eigenvalue weighted by molar-refractivity contribution is 5.92. The number of carbonyl (C=O) groups excluding carboxylic acids is 1. The minimum atomic E-state index is -0.0746. The second kappa shape index (κ2) is 7.95. The third-order valence-corrected chi connectivity index (χ3v) is 7.04. The van der Waals surface area contributed by atoms with Gasteiger partial charge in [-0.25, -0.2) is 4.98 Å². The molecule has 1 unspecified atom stereocenters. The van der Waals surface area contributed by atoms with Crippen molar-refractivity contribution in [2.45, 2.75) is 57.3 Å². The van der Waals surface area contributed by atoms with Gasteiger partial charge in [-0.3, -0.25) is 19.5 Å². The molecule has 1 aliphatic heterocycles. The zero-order chi connectivity index (χ0) is 22.5. The first kappa shape index (κ1) is 20.4. The number of anilines is 1. The number of aryl methyl sites for hydroxylation is 1. The molecule has 8 heteroatoms. The fraction of sp³-hybridized carbons (Fsp3) is 0.440. The molecule has 3 aromatic heterocycles. The van der Waals surface area contributed by atoms with Crippen molar-refractivity contribution in [1.82, 2.24) is 25.2 Å². The molecule has 2 atom stereocenters. The van der Waals surface area contributed by atoms with E-state index in [4.69, 9.17) is 0 Å². The summed E-state index contributed by atoms with van der Waals surface area (Å²) in [4.78, 5) is 41.3. The molecule has 1 amide bonds. The lowest BCUT2D eigenvalue weighted by Gasteiger charge is -2.35. The van der Waals surface area contributed by atoms with E-state index in [1.54, 1.807) is 0 Å². The van der Waals surface area contributed by atoms with Gasteiger partial charge in [0.2, 0.25) is 0 Å². The van der Waals surface area contributed by atoms with E-state index in [1.165, 1.54) is 0 Å². The van der Waals surface area contributed by atoms with E-state index in [1.807, 2.05) is 37.5 Å². The zero-order valence-electron chi connectivity index (χ0n) is 18.8. The molecule has 3 fully saturated rings. The van der Waals surface area contributed by atoms with Gasteiger partial charge in [0.1, 0.15) is 5.69 Å². The molecule has 6 rings (SSSR count). The Balaban J connectivity index is 1.11. The van der Waals surface area contributed by atoms with Crippen LogP contribution >= 0.6 is 0 Å². The van der Waals surface area contributed by atoms with Crippen molar-refractivity contribution in [2.75, 3.05) is 18.0 Å². The summed E-state index contributed by atoms with van der Waals surface area (Å²) >= 11 is 0. The van der Waals surface area contributed by atoms with Crippen molar-refractivity contribution < 1.29 is 4.79 Å². The summed E-state index contributed by atoms with van der Waals surface area (Å²) in [7, 11) is 0. The number of aromatic nitrogens is 3. The van der Waals surface area contributed by atoms with Crippen LogP contribution in [0, 0.1) is 0 Å². The number of H-pyrrole nitrogens is 1. The van der Waals surface area contributed by atoms with Crippen LogP contribution in [0.4, 0.5) is 5.69 Å². The molecule has 0 aromatic carbocycles. The topological polar surface area (TPSA) is 94.2 Å². The SMILES string of the molecule is CCc1cc2ncc(CN3CCN(c4ccc(C(=O)NC5CC5)nc4)[C@@H]4CC43)cc2[nH]c1=O. The van der Waals surface area contributed by atoms with E-state index in [2.05, 4.69) is 36.1 Å². The number of carbonyl (C=O) groups is 1. The Morgan fingerprint density at radius 1 is 1.15 bits per heavy atom. The van der Waals surface area contributed by atoms with Crippen molar-refractivity contribution >= 4 is 22.6 Å². The summed E-state index contributed by atoms with van der Waals surface area (Å²) in [6.07, 6.45) is 7.74. The monoisotopic (exact) mass is 444 g/mol. The van der Waals surface area contributed by atoms with E-state index in [-0.39, 0.29) is 11.5 Å². The first-order valence-corrected chi connectivity index (χ1v) is 11.9. The van der Waals surface area contributed by atoms with Gasteiger partial charge in [-0.2, -0.15) is 0 Å². The molecule has 3 aliphatic rings. The second-order valence-electron chi connectivity index (χ2n) is 9.44. The first-order chi connectivity index (χ1) is 16.1. The number of piperazine rings is 1. The van der Waals surface area contributed by atoms with Gasteiger partial charge in [0.25, 0.3) is 11.5 Å². The summed E-state index contributed by atoms with van der Waals surface area (Å²) in [6, 6.07) is 9.13. The number of nitrogens with zero attached hydrogens (tertiary/aromatic N) is 4. The Morgan fingerprint density at radius 3 is 2.79 bits per heavy atom. The van der Waals surface area contributed by atoms with Crippen molar-refractivity contribution in [1.29, 1.82) is 0 Å². The molecule has 0 bridgehead atoms. The highest BCUT2D eigenvalue weighted by Gasteiger charge is 2.48. The molecule has 0 spiro atoms. The lowest BCUT2D eigenvalue weighted by molar-refractivity contribution is 0.0946. The van der Waals surface area contributed by atoms with Crippen LogP contribution in [0.15, 0.2) is 41.5 Å². The summed E-state index contributed by atoms with van der Waals surface area (Å²) < 4.78 is 0. The average molecular weight is 445 g/mol. The molecule has 170 valence electrons. The smallest absolute Gasteiger partial charge is 0.270 e. The van der Waals surface area contributed by atoms with Crippen molar-refractivity contribution in [3.63, 3.8) is 0 Å². The molecule has 2 N–H and O–H groups in total. The number of amides is 1. The molecule has 2 aliphatic carbocycles. The number of fused-ring (bicyclic) bond motifs is 2. The van der Waals surface area contributed by atoms with Gasteiger partial charge in [0, 0.05) is 49.5 Å². The number of pyridine rings is 3. The van der Waals surface area contributed by atoms with Gasteiger partial charge < -0.3 is 15.2 Å². The molecular formula is C25H28N6O2. The minimum absolute atomic E-state index is 0.0236. The predicted molar refractivity (Wildman–Crippen MR) is 126 cm³/mol. The van der Waals surface area contributed by atoms with Crippen LogP contribution in [0.2, 0.25) is 0 Å². The van der Waals surface area contributed by atoms with E-state index >= 15 is 0 Å². The van der Waals surface area contributed by atoms with Crippen molar-refractivity contribution in [3.8, 4) is 0 Å². The Labute approximate surface area is 192 Å². The first-order valence-electron chi connectivity index (χ1n) is 11.9. The van der Waals surface area contributed by atoms with E-state index in [0.29, 0.717) is 30.2 Å². The third kappa shape index (κ3) is 3.99. The Hall–Kier alpha value is -3.26. The summed E-state index contributed by atoms with van der Waals surface area (Å²) in [5.74, 6) is -0.0746. The Morgan fingerprint density at radius 2 is 2.03 bits per heavy atom. The maximum absolute atomic E-state index is 12.2. The fourth-order valence-electron chi connectivity index (χ4n) is 4.91. The van der Waals surface area contributed by atoms with Gasteiger partial charge >= 0.3 is 0 Å². The molecule has 1 saturated heterocycles. The number of rotatable bonds is 6. The minimum Gasteiger partial charge on any atom is -0.364 e. The molecule has 3 aromatic rings. The molecule has 33 heavy (non-hydrogen) atoms. The Kier molecular flexibility index (Phi) is 4.90. The van der Waals surface area contributed by atoms with Crippen molar-refractivity contribution in [3.05, 3.63) is 63.8 Å². The summed E-state index contributed by atoms with van der Waals surface area (Å²) in [5.41, 5.74) is 5.08. The number of nitrogens with one attached hydrogen (secondary N) is 2. The molecule has 8 nitrogen and oxygen atoms in total. The normalized spacial score (nSPS) is 22.3. The van der Waals surface area contributed by atoms with Gasteiger partial charge in [-0.1, -0.05) is 6.92 Å². The van der Waals surface area contributed by atoms with E-state index in [9.17, 15) is 9.59 Å². The maximum atomic E-state index is 12.2. The summed E-state index contributed by atoms with van der Waals surface area (Å²) in [6.45, 7) is 4.68. The van der Waals surface area contributed by atoms with Crippen LogP contribution in [0.25, 0.3) is 11.0 Å². The standard InChI is InChI=1S/C25H28N6O2/c1-2-16-10-20-21(29-24(16)32)9-15(12-26-20)14-30-7-8-31(23-11-22(23)30)18-5-6-19(27-13-18)25(33)28-17-3-4-17/h5-6,9-10,12-13,17,22-23H,2-4,7-8,11,14H2,1H3,(H,28,33)(H,29,32)/t22?,23-/m1/s1. The quantitative estimate of drug-likeness (QED) is 0.606. The highest BCUT2D eigenvalue weighted by atomic mass is 16.2. The molecular weight excluding hydrogens is 416 g/mol. The Bertz CT molecular complexity index is 1270. The number of hydrogen-bond acceptors (Lipinski definition) is 6. The van der Waals surface area contributed by atoms with Crippen molar-refractivity contribution in [2.24, 2.45) is 0 Å². The summed E-state index contributed by atoms with van der Waals surface area (Å²) in [5, 5.41) is 2.99. The van der Waals surface area contributed by atoms with Gasteiger partial charge in [0.15, 0.2) is 0 Å².